The zero-order valence-electron chi connectivity index (χ0n) is 21.3. The van der Waals surface area contributed by atoms with E-state index in [0.717, 1.165) is 55.7 Å². The molecular formula is C31H38N2O3. The van der Waals surface area contributed by atoms with E-state index in [2.05, 4.69) is 64.8 Å². The van der Waals surface area contributed by atoms with Gasteiger partial charge in [-0.3, -0.25) is 4.90 Å². The Bertz CT molecular complexity index is 1150. The Hall–Kier alpha value is -2.63. The van der Waals surface area contributed by atoms with Crippen LogP contribution in [0.1, 0.15) is 56.1 Å². The molecule has 2 aromatic carbocycles. The Morgan fingerprint density at radius 3 is 2.64 bits per heavy atom. The molecular weight excluding hydrogens is 448 g/mol. The second-order valence-corrected chi connectivity index (χ2v) is 11.3. The number of hydrogen-bond acceptors (Lipinski definition) is 5. The molecule has 2 N–H and O–H groups in total. The van der Waals surface area contributed by atoms with Crippen molar-refractivity contribution in [2.45, 2.75) is 62.9 Å². The molecule has 2 aliphatic carbocycles. The summed E-state index contributed by atoms with van der Waals surface area (Å²) in [5.74, 6) is 0.782. The second kappa shape index (κ2) is 9.68. The van der Waals surface area contributed by atoms with Gasteiger partial charge >= 0.3 is 5.97 Å². The van der Waals surface area contributed by atoms with Crippen molar-refractivity contribution in [2.24, 2.45) is 17.8 Å². The van der Waals surface area contributed by atoms with E-state index in [1.807, 2.05) is 0 Å². The lowest BCUT2D eigenvalue weighted by Gasteiger charge is -2.57. The molecule has 36 heavy (non-hydrogen) atoms. The van der Waals surface area contributed by atoms with Gasteiger partial charge in [0.1, 0.15) is 0 Å². The van der Waals surface area contributed by atoms with E-state index in [1.165, 1.54) is 31.1 Å². The topological polar surface area (TPSA) is 61.8 Å². The standard InChI is InChI=1S/C31H38N2O3/c1-36-30(35)25-18-24(23-13-6-5-12-22(23)20-34)29-31(26-14-7-8-15-27(26)32-28(25)31)16-9-17-33(29)19-21-10-3-2-4-11-21/h2-4,7-8,10-11,14-15,22-24,29,32,34H,5-6,9,12-13,16-20H2,1H3/t22-,23-,24-,29-,31-/m1/s1. The molecule has 1 saturated heterocycles. The lowest BCUT2D eigenvalue weighted by Crippen LogP contribution is -2.62. The number of aliphatic hydroxyl groups excluding tert-OH is 1. The van der Waals surface area contributed by atoms with Crippen LogP contribution in [0.3, 0.4) is 0 Å². The highest BCUT2D eigenvalue weighted by molar-refractivity contribution is 5.92. The second-order valence-electron chi connectivity index (χ2n) is 11.3. The van der Waals surface area contributed by atoms with Gasteiger partial charge in [0.05, 0.1) is 18.1 Å². The van der Waals surface area contributed by atoms with Crippen molar-refractivity contribution in [3.8, 4) is 0 Å². The number of rotatable bonds is 5. The number of anilines is 1. The molecule has 4 aliphatic rings. The lowest BCUT2D eigenvalue weighted by molar-refractivity contribution is -0.137. The first kappa shape index (κ1) is 23.7. The largest absolute Gasteiger partial charge is 0.466 e. The van der Waals surface area contributed by atoms with Crippen LogP contribution < -0.4 is 5.32 Å². The molecule has 2 heterocycles. The first-order valence-electron chi connectivity index (χ1n) is 13.7. The number of likely N-dealkylation sites (tertiary alicyclic amines) is 1. The maximum Gasteiger partial charge on any atom is 0.335 e. The molecule has 0 unspecified atom stereocenters. The number of piperidine rings is 1. The van der Waals surface area contributed by atoms with Crippen molar-refractivity contribution in [1.29, 1.82) is 0 Å². The molecule has 2 aliphatic heterocycles. The Morgan fingerprint density at radius 1 is 1.06 bits per heavy atom. The van der Waals surface area contributed by atoms with E-state index >= 15 is 0 Å². The van der Waals surface area contributed by atoms with Gasteiger partial charge in [0, 0.05) is 30.6 Å². The van der Waals surface area contributed by atoms with Crippen LogP contribution in [0.15, 0.2) is 65.9 Å². The number of carbonyl (C=O) groups is 1. The number of para-hydroxylation sites is 1. The van der Waals surface area contributed by atoms with E-state index in [4.69, 9.17) is 4.74 Å². The summed E-state index contributed by atoms with van der Waals surface area (Å²) in [6.45, 7) is 2.19. The molecule has 1 spiro atoms. The molecule has 0 radical (unpaired) electrons. The lowest BCUT2D eigenvalue weighted by atomic mass is 9.54. The molecule has 190 valence electrons. The van der Waals surface area contributed by atoms with E-state index in [0.29, 0.717) is 18.3 Å². The molecule has 5 nitrogen and oxygen atoms in total. The van der Waals surface area contributed by atoms with Crippen LogP contribution in [-0.4, -0.2) is 42.3 Å². The zero-order valence-corrected chi connectivity index (χ0v) is 21.3. The van der Waals surface area contributed by atoms with Gasteiger partial charge in [-0.1, -0.05) is 61.4 Å². The van der Waals surface area contributed by atoms with Gasteiger partial charge in [0.2, 0.25) is 0 Å². The number of nitrogens with one attached hydrogen (secondary N) is 1. The minimum absolute atomic E-state index is 0.204. The maximum absolute atomic E-state index is 13.3. The Kier molecular flexibility index (Phi) is 6.38. The van der Waals surface area contributed by atoms with E-state index in [9.17, 15) is 9.90 Å². The fourth-order valence-electron chi connectivity index (χ4n) is 8.23. The van der Waals surface area contributed by atoms with E-state index in [-0.39, 0.29) is 30.0 Å². The highest BCUT2D eigenvalue weighted by Gasteiger charge is 2.60. The average Bonchev–Trinajstić information content (AvgIpc) is 3.26. The van der Waals surface area contributed by atoms with Gasteiger partial charge in [-0.15, -0.1) is 0 Å². The average molecular weight is 487 g/mol. The fraction of sp³-hybridized carbons (Fsp3) is 0.516. The van der Waals surface area contributed by atoms with Gasteiger partial charge in [-0.2, -0.15) is 0 Å². The number of hydrogen-bond donors (Lipinski definition) is 2. The number of carbonyl (C=O) groups excluding carboxylic acids is 1. The highest BCUT2D eigenvalue weighted by Crippen LogP contribution is 2.60. The summed E-state index contributed by atoms with van der Waals surface area (Å²) in [7, 11) is 1.51. The van der Waals surface area contributed by atoms with Crippen LogP contribution in [0.5, 0.6) is 0 Å². The van der Waals surface area contributed by atoms with Gasteiger partial charge in [-0.25, -0.2) is 4.79 Å². The summed E-state index contributed by atoms with van der Waals surface area (Å²) < 4.78 is 5.38. The number of aliphatic hydroxyl groups is 1. The molecule has 1 saturated carbocycles. The number of methoxy groups -OCH3 is 1. The van der Waals surface area contributed by atoms with Crippen LogP contribution in [0.4, 0.5) is 5.69 Å². The van der Waals surface area contributed by atoms with Gasteiger partial charge in [0.15, 0.2) is 0 Å². The summed E-state index contributed by atoms with van der Waals surface area (Å²) in [5, 5.41) is 14.2. The number of nitrogens with zero attached hydrogens (tertiary/aromatic N) is 1. The zero-order chi connectivity index (χ0) is 24.7. The molecule has 2 aromatic rings. The van der Waals surface area contributed by atoms with Crippen LogP contribution in [0.25, 0.3) is 0 Å². The summed E-state index contributed by atoms with van der Waals surface area (Å²) in [6.07, 6.45) is 7.41. The molecule has 5 atom stereocenters. The van der Waals surface area contributed by atoms with Crippen LogP contribution in [0.2, 0.25) is 0 Å². The van der Waals surface area contributed by atoms with Crippen molar-refractivity contribution >= 4 is 11.7 Å². The third kappa shape index (κ3) is 3.71. The highest BCUT2D eigenvalue weighted by atomic mass is 16.5. The van der Waals surface area contributed by atoms with Crippen molar-refractivity contribution in [2.75, 3.05) is 25.6 Å². The SMILES string of the molecule is COC(=O)C1=C2Nc3ccccc3[C@]23CCCN(Cc2ccccc2)[C@@H]3[C@@H]([C@@H]2CCCC[C@@H]2CO)C1. The molecule has 2 fully saturated rings. The Balaban J connectivity index is 1.54. The quantitative estimate of drug-likeness (QED) is 0.565. The van der Waals surface area contributed by atoms with E-state index in [1.54, 1.807) is 0 Å². The third-order valence-electron chi connectivity index (χ3n) is 9.59. The molecule has 0 amide bonds. The number of esters is 1. The van der Waals surface area contributed by atoms with Gasteiger partial charge < -0.3 is 15.2 Å². The fourth-order valence-corrected chi connectivity index (χ4v) is 8.23. The minimum atomic E-state index is -0.256. The predicted octanol–water partition coefficient (Wildman–Crippen LogP) is 5.26. The number of benzene rings is 2. The molecule has 5 heteroatoms. The molecule has 0 aromatic heterocycles. The monoisotopic (exact) mass is 486 g/mol. The maximum atomic E-state index is 13.3. The normalized spacial score (nSPS) is 31.7. The Morgan fingerprint density at radius 2 is 1.83 bits per heavy atom. The summed E-state index contributed by atoms with van der Waals surface area (Å²) in [4.78, 5) is 16.0. The van der Waals surface area contributed by atoms with Crippen LogP contribution in [-0.2, 0) is 21.5 Å². The van der Waals surface area contributed by atoms with Crippen LogP contribution in [0, 0.1) is 17.8 Å². The Labute approximate surface area is 214 Å². The first-order valence-corrected chi connectivity index (χ1v) is 13.7. The molecule has 0 bridgehead atoms. The van der Waals surface area contributed by atoms with Gasteiger partial charge in [-0.05, 0) is 73.6 Å². The summed E-state index contributed by atoms with van der Waals surface area (Å²) in [6, 6.07) is 19.7. The third-order valence-corrected chi connectivity index (χ3v) is 9.59. The first-order chi connectivity index (χ1) is 17.7. The molecule has 6 rings (SSSR count). The smallest absolute Gasteiger partial charge is 0.335 e. The van der Waals surface area contributed by atoms with Crippen molar-refractivity contribution < 1.29 is 14.6 Å². The van der Waals surface area contributed by atoms with Gasteiger partial charge in [0.25, 0.3) is 0 Å². The van der Waals surface area contributed by atoms with Crippen molar-refractivity contribution in [1.82, 2.24) is 4.90 Å². The van der Waals surface area contributed by atoms with Crippen molar-refractivity contribution in [3.05, 3.63) is 77.0 Å². The predicted molar refractivity (Wildman–Crippen MR) is 141 cm³/mol. The minimum Gasteiger partial charge on any atom is -0.466 e. The number of ether oxygens (including phenoxy) is 1. The summed E-state index contributed by atoms with van der Waals surface area (Å²) in [5.41, 5.74) is 5.42. The van der Waals surface area contributed by atoms with E-state index < -0.39 is 0 Å². The van der Waals surface area contributed by atoms with Crippen LogP contribution >= 0.6 is 0 Å². The summed E-state index contributed by atoms with van der Waals surface area (Å²) >= 11 is 0. The number of fused-ring (bicyclic) bond motifs is 1. The van der Waals surface area contributed by atoms with Crippen molar-refractivity contribution in [3.63, 3.8) is 0 Å².